The predicted molar refractivity (Wildman–Crippen MR) is 316 cm³/mol. The first-order valence-corrected chi connectivity index (χ1v) is 25.6. The van der Waals surface area contributed by atoms with Crippen LogP contribution in [-0.4, -0.2) is 19.5 Å². The summed E-state index contributed by atoms with van der Waals surface area (Å²) in [6, 6.07) is 85.3. The SMILES string of the molecule is C1=CC=CCC=C1.Cc1nc(-c2ccc(-c3ccccc3)cc2)nc(-c2cccc(-n3c4ccccc4c4cc(-c5cccc(-c6cccc(-c7ccc8c9ccccc9c9ccccc9c8c7)c6)c5)ccc43)c2)n1. The molecular formula is C71H50N4. The molecule has 2 aromatic heterocycles. The predicted octanol–water partition coefficient (Wildman–Crippen LogP) is 18.8. The third-order valence-corrected chi connectivity index (χ3v) is 14.4. The fraction of sp³-hybridized carbons (Fsp3) is 0.0282. The summed E-state index contributed by atoms with van der Waals surface area (Å²) in [5.41, 5.74) is 14.7. The number of para-hydroxylation sites is 1. The van der Waals surface area contributed by atoms with Gasteiger partial charge in [0.05, 0.1) is 11.0 Å². The van der Waals surface area contributed by atoms with E-state index in [9.17, 15) is 0 Å². The second kappa shape index (κ2) is 19.7. The maximum atomic E-state index is 5.02. The van der Waals surface area contributed by atoms with Gasteiger partial charge in [-0.1, -0.05) is 225 Å². The van der Waals surface area contributed by atoms with Crippen LogP contribution in [-0.2, 0) is 0 Å². The Hall–Kier alpha value is -9.77. The monoisotopic (exact) mass is 958 g/mol. The number of nitrogens with zero attached hydrogens (tertiary/aromatic N) is 4. The van der Waals surface area contributed by atoms with Crippen LogP contribution in [0.3, 0.4) is 0 Å². The van der Waals surface area contributed by atoms with Crippen molar-refractivity contribution in [2.45, 2.75) is 13.3 Å². The molecule has 354 valence electrons. The zero-order chi connectivity index (χ0) is 50.1. The minimum atomic E-state index is 0.648. The van der Waals surface area contributed by atoms with E-state index < -0.39 is 0 Å². The van der Waals surface area contributed by atoms with Gasteiger partial charge in [-0.15, -0.1) is 0 Å². The molecule has 4 heteroatoms. The summed E-state index contributed by atoms with van der Waals surface area (Å²) < 4.78 is 2.36. The van der Waals surface area contributed by atoms with E-state index in [1.54, 1.807) is 0 Å². The van der Waals surface area contributed by atoms with E-state index in [0.29, 0.717) is 17.5 Å². The zero-order valence-electron chi connectivity index (χ0n) is 41.5. The molecule has 11 aromatic carbocycles. The molecule has 14 rings (SSSR count). The molecule has 0 unspecified atom stereocenters. The minimum absolute atomic E-state index is 0.648. The van der Waals surface area contributed by atoms with Crippen molar-refractivity contribution in [1.82, 2.24) is 19.5 Å². The summed E-state index contributed by atoms with van der Waals surface area (Å²) in [5.74, 6) is 1.98. The maximum Gasteiger partial charge on any atom is 0.163 e. The van der Waals surface area contributed by atoms with Gasteiger partial charge in [0.15, 0.2) is 11.6 Å². The van der Waals surface area contributed by atoms with Gasteiger partial charge in [0.1, 0.15) is 5.82 Å². The standard InChI is InChI=1S/C64H42N4.C7H8/c1-41-65-63(44-30-28-43(29-31-44)42-14-3-2-4-15-42)67-64(66-41)51-20-13-21-52(38-51)68-61-27-10-9-26-58(61)60-40-50(33-35-62(60)68)48-19-12-17-46(37-48)45-16-11-18-47(36-45)49-32-34-57-55-24-6-5-22-53(55)54-23-7-8-25-56(54)59(57)39-49;1-2-4-6-7-5-3-1/h2-40H,1H3;1-6H,7H2. The lowest BCUT2D eigenvalue weighted by Crippen LogP contribution is -2.00. The molecule has 0 N–H and O–H groups in total. The molecule has 0 radical (unpaired) electrons. The Morgan fingerprint density at radius 2 is 0.707 bits per heavy atom. The molecule has 0 bridgehead atoms. The number of fused-ring (bicyclic) bond motifs is 9. The normalized spacial score (nSPS) is 12.1. The molecule has 4 nitrogen and oxygen atoms in total. The van der Waals surface area contributed by atoms with Gasteiger partial charge in [-0.2, -0.15) is 0 Å². The van der Waals surface area contributed by atoms with E-state index in [1.165, 1.54) is 82.0 Å². The van der Waals surface area contributed by atoms with Gasteiger partial charge in [-0.25, -0.2) is 15.0 Å². The molecule has 0 saturated heterocycles. The minimum Gasteiger partial charge on any atom is -0.309 e. The van der Waals surface area contributed by atoms with E-state index in [1.807, 2.05) is 25.1 Å². The van der Waals surface area contributed by atoms with Crippen molar-refractivity contribution in [2.24, 2.45) is 0 Å². The van der Waals surface area contributed by atoms with Gasteiger partial charge in [-0.05, 0) is 139 Å². The molecule has 0 aliphatic heterocycles. The average Bonchev–Trinajstić information content (AvgIpc) is 3.58. The van der Waals surface area contributed by atoms with Crippen LogP contribution < -0.4 is 0 Å². The molecule has 1 aliphatic carbocycles. The first-order valence-electron chi connectivity index (χ1n) is 25.6. The van der Waals surface area contributed by atoms with Crippen molar-refractivity contribution >= 4 is 54.1 Å². The molecule has 13 aromatic rings. The molecule has 1 aliphatic rings. The number of aryl methyl sites for hydroxylation is 1. The number of allylic oxidation sites excluding steroid dienone is 6. The van der Waals surface area contributed by atoms with Gasteiger partial charge >= 0.3 is 0 Å². The fourth-order valence-corrected chi connectivity index (χ4v) is 10.8. The summed E-state index contributed by atoms with van der Waals surface area (Å²) in [6.07, 6.45) is 13.5. The van der Waals surface area contributed by atoms with Crippen molar-refractivity contribution in [3.63, 3.8) is 0 Å². The highest BCUT2D eigenvalue weighted by atomic mass is 15.0. The lowest BCUT2D eigenvalue weighted by atomic mass is 9.91. The first kappa shape index (κ1) is 45.1. The topological polar surface area (TPSA) is 43.6 Å². The second-order valence-corrected chi connectivity index (χ2v) is 19.1. The Balaban J connectivity index is 0.000000717. The van der Waals surface area contributed by atoms with Gasteiger partial charge in [0.2, 0.25) is 0 Å². The number of aromatic nitrogens is 4. The molecule has 0 saturated carbocycles. The van der Waals surface area contributed by atoms with E-state index in [-0.39, 0.29) is 0 Å². The summed E-state index contributed by atoms with van der Waals surface area (Å²) in [7, 11) is 0. The van der Waals surface area contributed by atoms with Crippen molar-refractivity contribution in [2.75, 3.05) is 0 Å². The Bertz CT molecular complexity index is 4340. The molecular weight excluding hydrogens is 909 g/mol. The number of benzene rings is 11. The largest absolute Gasteiger partial charge is 0.309 e. The van der Waals surface area contributed by atoms with E-state index in [0.717, 1.165) is 39.8 Å². The maximum absolute atomic E-state index is 5.02. The Morgan fingerprint density at radius 1 is 0.280 bits per heavy atom. The van der Waals surface area contributed by atoms with Crippen LogP contribution in [0.2, 0.25) is 0 Å². The van der Waals surface area contributed by atoms with E-state index in [4.69, 9.17) is 15.0 Å². The highest BCUT2D eigenvalue weighted by Gasteiger charge is 2.17. The van der Waals surface area contributed by atoms with Crippen molar-refractivity contribution < 1.29 is 0 Å². The number of hydrogen-bond donors (Lipinski definition) is 0. The average molecular weight is 959 g/mol. The van der Waals surface area contributed by atoms with E-state index in [2.05, 4.69) is 259 Å². The fourth-order valence-electron chi connectivity index (χ4n) is 10.8. The zero-order valence-corrected chi connectivity index (χ0v) is 41.5. The Morgan fingerprint density at radius 3 is 1.35 bits per heavy atom. The van der Waals surface area contributed by atoms with Gasteiger partial charge in [0, 0.05) is 27.6 Å². The van der Waals surface area contributed by atoms with Crippen LogP contribution in [0.25, 0.3) is 127 Å². The first-order chi connectivity index (χ1) is 37.1. The van der Waals surface area contributed by atoms with Crippen molar-refractivity contribution in [3.05, 3.63) is 279 Å². The summed E-state index contributed by atoms with van der Waals surface area (Å²) in [5, 5.41) is 10.1. The van der Waals surface area contributed by atoms with Gasteiger partial charge < -0.3 is 4.57 Å². The Labute approximate surface area is 436 Å². The quantitative estimate of drug-likeness (QED) is 0.150. The van der Waals surface area contributed by atoms with Crippen LogP contribution in [0.1, 0.15) is 12.2 Å². The molecule has 75 heavy (non-hydrogen) atoms. The highest BCUT2D eigenvalue weighted by molar-refractivity contribution is 6.25. The number of rotatable bonds is 7. The summed E-state index contributed by atoms with van der Waals surface area (Å²) in [4.78, 5) is 14.6. The van der Waals surface area contributed by atoms with Crippen LogP contribution >= 0.6 is 0 Å². The highest BCUT2D eigenvalue weighted by Crippen LogP contribution is 2.40. The number of hydrogen-bond acceptors (Lipinski definition) is 3. The van der Waals surface area contributed by atoms with Crippen molar-refractivity contribution in [1.29, 1.82) is 0 Å². The third-order valence-electron chi connectivity index (χ3n) is 14.4. The smallest absolute Gasteiger partial charge is 0.163 e. The van der Waals surface area contributed by atoms with Crippen LogP contribution in [0, 0.1) is 6.92 Å². The lowest BCUT2D eigenvalue weighted by Gasteiger charge is -2.13. The van der Waals surface area contributed by atoms with Crippen molar-refractivity contribution in [3.8, 4) is 73.0 Å². The lowest BCUT2D eigenvalue weighted by molar-refractivity contribution is 0.991. The Kier molecular flexibility index (Phi) is 11.8. The van der Waals surface area contributed by atoms with E-state index >= 15 is 0 Å². The van der Waals surface area contributed by atoms with Crippen LogP contribution in [0.15, 0.2) is 273 Å². The third kappa shape index (κ3) is 8.79. The molecule has 0 spiro atoms. The van der Waals surface area contributed by atoms with Crippen LogP contribution in [0.4, 0.5) is 0 Å². The molecule has 0 atom stereocenters. The van der Waals surface area contributed by atoms with Gasteiger partial charge in [0.25, 0.3) is 0 Å². The summed E-state index contributed by atoms with van der Waals surface area (Å²) >= 11 is 0. The molecule has 0 amide bonds. The van der Waals surface area contributed by atoms with Gasteiger partial charge in [-0.3, -0.25) is 0 Å². The second-order valence-electron chi connectivity index (χ2n) is 19.1. The van der Waals surface area contributed by atoms with Crippen LogP contribution in [0.5, 0.6) is 0 Å². The molecule has 0 fully saturated rings. The molecule has 2 heterocycles. The summed E-state index contributed by atoms with van der Waals surface area (Å²) in [6.45, 7) is 1.93.